The summed E-state index contributed by atoms with van der Waals surface area (Å²) in [5.41, 5.74) is 0.787. The number of ether oxygens (including phenoxy) is 1. The molecule has 0 unspecified atom stereocenters. The summed E-state index contributed by atoms with van der Waals surface area (Å²) in [6.07, 6.45) is 1.55. The number of hydrogen-bond donors (Lipinski definition) is 0. The van der Waals surface area contributed by atoms with Gasteiger partial charge < -0.3 is 13.7 Å². The van der Waals surface area contributed by atoms with Crippen molar-refractivity contribution >= 4 is 44.2 Å². The molecule has 27 heavy (non-hydrogen) atoms. The average Bonchev–Trinajstić information content (AvgIpc) is 3.40. The number of methoxy groups -OCH3 is 1. The van der Waals surface area contributed by atoms with Crippen LogP contribution in [0.25, 0.3) is 10.2 Å². The first-order chi connectivity index (χ1) is 13.1. The molecule has 0 saturated heterocycles. The largest absolute Gasteiger partial charge is 0.494 e. The van der Waals surface area contributed by atoms with Crippen molar-refractivity contribution in [2.24, 2.45) is 0 Å². The molecule has 9 heteroatoms. The fourth-order valence-corrected chi connectivity index (χ4v) is 3.87. The number of aromatic nitrogens is 2. The number of halogens is 1. The number of nitrogens with zero attached hydrogens (tertiary/aromatic N) is 3. The molecular weight excluding hydrogens is 390 g/mol. The van der Waals surface area contributed by atoms with Crippen LogP contribution in [-0.2, 0) is 6.54 Å². The Morgan fingerprint density at radius 1 is 1.37 bits per heavy atom. The summed E-state index contributed by atoms with van der Waals surface area (Å²) in [7, 11) is 1.56. The van der Waals surface area contributed by atoms with E-state index in [2.05, 4.69) is 10.1 Å². The molecule has 0 fully saturated rings. The molecule has 4 aromatic rings. The van der Waals surface area contributed by atoms with Gasteiger partial charge in [0.1, 0.15) is 22.8 Å². The Bertz CT molecular complexity index is 1100. The van der Waals surface area contributed by atoms with E-state index in [0.717, 1.165) is 4.70 Å². The lowest BCUT2D eigenvalue weighted by Gasteiger charge is -2.17. The van der Waals surface area contributed by atoms with E-state index >= 15 is 0 Å². The first-order valence-electron chi connectivity index (χ1n) is 7.97. The number of hydrogen-bond acceptors (Lipinski definition) is 7. The van der Waals surface area contributed by atoms with Gasteiger partial charge in [0.2, 0.25) is 0 Å². The van der Waals surface area contributed by atoms with Gasteiger partial charge in [0.25, 0.3) is 5.91 Å². The highest BCUT2D eigenvalue weighted by Crippen LogP contribution is 2.39. The normalized spacial score (nSPS) is 11.1. The molecule has 7 nitrogen and oxygen atoms in total. The van der Waals surface area contributed by atoms with E-state index in [1.807, 2.05) is 0 Å². The maximum Gasteiger partial charge on any atom is 0.282 e. The molecular formula is C18H14ClN3O4S. The lowest BCUT2D eigenvalue weighted by Crippen LogP contribution is -2.30. The monoisotopic (exact) mass is 403 g/mol. The molecule has 1 amide bonds. The molecule has 1 aromatic carbocycles. The summed E-state index contributed by atoms with van der Waals surface area (Å²) in [6.45, 7) is 1.92. The van der Waals surface area contributed by atoms with Crippen LogP contribution in [0.3, 0.4) is 0 Å². The molecule has 0 saturated carbocycles. The van der Waals surface area contributed by atoms with Crippen LogP contribution in [0.5, 0.6) is 5.75 Å². The van der Waals surface area contributed by atoms with Crippen molar-refractivity contribution in [3.05, 3.63) is 58.8 Å². The van der Waals surface area contributed by atoms with Gasteiger partial charge in [-0.15, -0.1) is 0 Å². The minimum atomic E-state index is -0.350. The maximum atomic E-state index is 13.1. The fourth-order valence-electron chi connectivity index (χ4n) is 2.61. The van der Waals surface area contributed by atoms with Gasteiger partial charge in [0.05, 0.1) is 29.6 Å². The van der Waals surface area contributed by atoms with Crippen LogP contribution >= 0.6 is 22.9 Å². The van der Waals surface area contributed by atoms with Gasteiger partial charge in [-0.3, -0.25) is 9.69 Å². The summed E-state index contributed by atoms with van der Waals surface area (Å²) in [5.74, 6) is 1.39. The first kappa shape index (κ1) is 17.6. The standard InChI is InChI=1S/C18H14ClN3O4S/c1-10-8-13(21-26-10)17(23)22(9-11-4-3-7-25-11)18-20-15-14(24-2)6-5-12(19)16(15)27-18/h3-8H,9H2,1-2H3. The number of benzene rings is 1. The van der Waals surface area contributed by atoms with E-state index in [0.29, 0.717) is 32.9 Å². The van der Waals surface area contributed by atoms with E-state index < -0.39 is 0 Å². The number of fused-ring (bicyclic) bond motifs is 1. The lowest BCUT2D eigenvalue weighted by atomic mass is 10.3. The Morgan fingerprint density at radius 3 is 2.89 bits per heavy atom. The fraction of sp³-hybridized carbons (Fsp3) is 0.167. The minimum absolute atomic E-state index is 0.191. The molecule has 0 atom stereocenters. The average molecular weight is 404 g/mol. The summed E-state index contributed by atoms with van der Waals surface area (Å²) in [6, 6.07) is 8.61. The molecule has 3 heterocycles. The zero-order valence-corrected chi connectivity index (χ0v) is 16.0. The Morgan fingerprint density at radius 2 is 2.22 bits per heavy atom. The Balaban J connectivity index is 1.81. The third kappa shape index (κ3) is 3.29. The van der Waals surface area contributed by atoms with Gasteiger partial charge in [-0.25, -0.2) is 4.98 Å². The van der Waals surface area contributed by atoms with Crippen molar-refractivity contribution in [2.45, 2.75) is 13.5 Å². The zero-order valence-electron chi connectivity index (χ0n) is 14.4. The number of thiazole rings is 1. The number of anilines is 1. The zero-order chi connectivity index (χ0) is 19.0. The number of rotatable bonds is 5. The third-order valence-electron chi connectivity index (χ3n) is 3.88. The molecule has 0 aliphatic heterocycles. The Labute approximate surface area is 163 Å². The molecule has 0 bridgehead atoms. The summed E-state index contributed by atoms with van der Waals surface area (Å²) in [4.78, 5) is 19.1. The molecule has 0 radical (unpaired) electrons. The maximum absolute atomic E-state index is 13.1. The van der Waals surface area contributed by atoms with E-state index in [1.54, 1.807) is 50.6 Å². The minimum Gasteiger partial charge on any atom is -0.494 e. The van der Waals surface area contributed by atoms with E-state index in [-0.39, 0.29) is 18.1 Å². The van der Waals surface area contributed by atoms with Crippen molar-refractivity contribution in [2.75, 3.05) is 12.0 Å². The van der Waals surface area contributed by atoms with Gasteiger partial charge >= 0.3 is 0 Å². The van der Waals surface area contributed by atoms with Crippen LogP contribution in [-0.4, -0.2) is 23.2 Å². The highest BCUT2D eigenvalue weighted by atomic mass is 35.5. The van der Waals surface area contributed by atoms with Gasteiger partial charge in [0.15, 0.2) is 10.8 Å². The first-order valence-corrected chi connectivity index (χ1v) is 9.17. The molecule has 138 valence electrons. The Hall–Kier alpha value is -2.84. The van der Waals surface area contributed by atoms with Crippen LogP contribution in [0.1, 0.15) is 22.0 Å². The topological polar surface area (TPSA) is 81.6 Å². The van der Waals surface area contributed by atoms with Crippen LogP contribution in [0.4, 0.5) is 5.13 Å². The van der Waals surface area contributed by atoms with E-state index in [9.17, 15) is 4.79 Å². The van der Waals surface area contributed by atoms with Crippen molar-refractivity contribution in [1.82, 2.24) is 10.1 Å². The lowest BCUT2D eigenvalue weighted by molar-refractivity contribution is 0.0974. The Kier molecular flexibility index (Phi) is 4.59. The third-order valence-corrected chi connectivity index (χ3v) is 5.42. The summed E-state index contributed by atoms with van der Waals surface area (Å²) >= 11 is 7.61. The van der Waals surface area contributed by atoms with Gasteiger partial charge in [-0.05, 0) is 31.2 Å². The van der Waals surface area contributed by atoms with Gasteiger partial charge in [0, 0.05) is 6.07 Å². The number of aryl methyl sites for hydroxylation is 1. The number of amides is 1. The SMILES string of the molecule is COc1ccc(Cl)c2sc(N(Cc3ccco3)C(=O)c3cc(C)on3)nc12. The number of furan rings is 1. The van der Waals surface area contributed by atoms with Crippen LogP contribution in [0.15, 0.2) is 45.5 Å². The summed E-state index contributed by atoms with van der Waals surface area (Å²) < 4.78 is 16.6. The second-order valence-electron chi connectivity index (χ2n) is 5.72. The van der Waals surface area contributed by atoms with E-state index in [1.165, 1.54) is 16.2 Å². The quantitative estimate of drug-likeness (QED) is 0.480. The molecule has 0 spiro atoms. The highest BCUT2D eigenvalue weighted by Gasteiger charge is 2.26. The van der Waals surface area contributed by atoms with Crippen LogP contribution in [0, 0.1) is 6.92 Å². The van der Waals surface area contributed by atoms with Crippen LogP contribution < -0.4 is 9.64 Å². The second kappa shape index (κ2) is 7.05. The van der Waals surface area contributed by atoms with Gasteiger partial charge in [-0.1, -0.05) is 28.1 Å². The van der Waals surface area contributed by atoms with Crippen molar-refractivity contribution in [1.29, 1.82) is 0 Å². The predicted molar refractivity (Wildman–Crippen MR) is 102 cm³/mol. The highest BCUT2D eigenvalue weighted by molar-refractivity contribution is 7.23. The van der Waals surface area contributed by atoms with Gasteiger partial charge in [-0.2, -0.15) is 0 Å². The summed E-state index contributed by atoms with van der Waals surface area (Å²) in [5, 5.41) is 4.82. The predicted octanol–water partition coefficient (Wildman–Crippen LogP) is 4.69. The number of carbonyl (C=O) groups is 1. The molecule has 4 rings (SSSR count). The molecule has 3 aromatic heterocycles. The van der Waals surface area contributed by atoms with Crippen molar-refractivity contribution in [3.8, 4) is 5.75 Å². The van der Waals surface area contributed by atoms with Crippen molar-refractivity contribution in [3.63, 3.8) is 0 Å². The van der Waals surface area contributed by atoms with E-state index in [4.69, 9.17) is 25.3 Å². The van der Waals surface area contributed by atoms with Crippen molar-refractivity contribution < 1.29 is 18.5 Å². The molecule has 0 aliphatic carbocycles. The molecule has 0 aliphatic rings. The smallest absolute Gasteiger partial charge is 0.282 e. The second-order valence-corrected chi connectivity index (χ2v) is 7.10. The number of carbonyl (C=O) groups excluding carboxylic acids is 1. The van der Waals surface area contributed by atoms with Crippen LogP contribution in [0.2, 0.25) is 5.02 Å². The molecule has 0 N–H and O–H groups in total.